The number of nitrogens with zero attached hydrogens (tertiary/aromatic N) is 1. The van der Waals surface area contributed by atoms with Crippen LogP contribution in [0.25, 0.3) is 22.1 Å². The smallest absolute Gasteiger partial charge is 0.336 e. The number of aromatic nitrogens is 1. The van der Waals surface area contributed by atoms with Crippen molar-refractivity contribution < 1.29 is 8.83 Å². The lowest BCUT2D eigenvalue weighted by atomic mass is 10.1. The molecule has 24 heavy (non-hydrogen) atoms. The van der Waals surface area contributed by atoms with Crippen LogP contribution in [0, 0.1) is 6.92 Å². The minimum absolute atomic E-state index is 0.377. The molecule has 0 fully saturated rings. The Labute approximate surface area is 146 Å². The summed E-state index contributed by atoms with van der Waals surface area (Å²) in [5.74, 6) is 0.536. The first-order valence-electron chi connectivity index (χ1n) is 7.31. The number of para-hydroxylation sites is 2. The van der Waals surface area contributed by atoms with Gasteiger partial charge in [-0.25, -0.2) is 9.78 Å². The van der Waals surface area contributed by atoms with E-state index in [1.807, 2.05) is 37.3 Å². The molecule has 0 saturated heterocycles. The van der Waals surface area contributed by atoms with Crippen molar-refractivity contribution in [1.29, 1.82) is 0 Å². The first-order valence-corrected chi connectivity index (χ1v) is 8.68. The third kappa shape index (κ3) is 2.81. The quantitative estimate of drug-likeness (QED) is 0.373. The van der Waals surface area contributed by atoms with Crippen LogP contribution in [-0.2, 0) is 5.75 Å². The van der Waals surface area contributed by atoms with Gasteiger partial charge in [-0.3, -0.25) is 0 Å². The van der Waals surface area contributed by atoms with Gasteiger partial charge < -0.3 is 8.83 Å². The normalized spacial score (nSPS) is 11.4. The van der Waals surface area contributed by atoms with E-state index >= 15 is 0 Å². The Hall–Kier alpha value is -2.24. The summed E-state index contributed by atoms with van der Waals surface area (Å²) in [5, 5.41) is 2.04. The molecule has 4 nitrogen and oxygen atoms in total. The van der Waals surface area contributed by atoms with E-state index in [9.17, 15) is 4.79 Å². The van der Waals surface area contributed by atoms with E-state index < -0.39 is 0 Å². The van der Waals surface area contributed by atoms with Gasteiger partial charge >= 0.3 is 5.63 Å². The standard InChI is InChI=1S/C18H12ClNO3S/c1-10-6-16-12(8-13(10)19)11(7-17(21)22-16)9-24-18-20-14-4-2-3-5-15(14)23-18/h2-8H,9H2,1H3. The van der Waals surface area contributed by atoms with E-state index in [2.05, 4.69) is 4.98 Å². The van der Waals surface area contributed by atoms with Gasteiger partial charge in [-0.2, -0.15) is 0 Å². The first-order chi connectivity index (χ1) is 11.6. The van der Waals surface area contributed by atoms with Gasteiger partial charge in [0.2, 0.25) is 0 Å². The molecule has 4 aromatic rings. The molecule has 0 aliphatic heterocycles. The Morgan fingerprint density at radius 2 is 1.96 bits per heavy atom. The van der Waals surface area contributed by atoms with Crippen molar-refractivity contribution >= 4 is 45.4 Å². The largest absolute Gasteiger partial charge is 0.431 e. The zero-order valence-electron chi connectivity index (χ0n) is 12.7. The van der Waals surface area contributed by atoms with Crippen LogP contribution >= 0.6 is 23.4 Å². The second-order valence-electron chi connectivity index (χ2n) is 5.42. The van der Waals surface area contributed by atoms with E-state index in [1.54, 1.807) is 6.07 Å². The molecule has 0 aliphatic carbocycles. The zero-order valence-corrected chi connectivity index (χ0v) is 14.3. The molecule has 0 saturated carbocycles. The summed E-state index contributed by atoms with van der Waals surface area (Å²) in [6.45, 7) is 1.88. The fourth-order valence-electron chi connectivity index (χ4n) is 2.52. The van der Waals surface area contributed by atoms with Crippen LogP contribution in [-0.4, -0.2) is 4.98 Å². The highest BCUT2D eigenvalue weighted by Crippen LogP contribution is 2.30. The van der Waals surface area contributed by atoms with Crippen LogP contribution in [0.15, 0.2) is 61.3 Å². The molecule has 0 N–H and O–H groups in total. The Morgan fingerprint density at radius 3 is 2.79 bits per heavy atom. The molecule has 0 unspecified atom stereocenters. The summed E-state index contributed by atoms with van der Waals surface area (Å²) in [5.41, 5.74) is 3.44. The predicted molar refractivity (Wildman–Crippen MR) is 95.8 cm³/mol. The number of halogens is 1. The summed E-state index contributed by atoms with van der Waals surface area (Å²) < 4.78 is 11.0. The maximum atomic E-state index is 11.8. The SMILES string of the molecule is Cc1cc2oc(=O)cc(CSc3nc4ccccc4o3)c2cc1Cl. The highest BCUT2D eigenvalue weighted by atomic mass is 35.5. The fraction of sp³-hybridized carbons (Fsp3) is 0.111. The topological polar surface area (TPSA) is 56.2 Å². The number of benzene rings is 2. The van der Waals surface area contributed by atoms with E-state index in [0.29, 0.717) is 21.6 Å². The van der Waals surface area contributed by atoms with E-state index in [4.69, 9.17) is 20.4 Å². The van der Waals surface area contributed by atoms with Gasteiger partial charge in [-0.05, 0) is 42.3 Å². The molecule has 2 aromatic carbocycles. The molecule has 4 rings (SSSR count). The van der Waals surface area contributed by atoms with E-state index in [1.165, 1.54) is 17.8 Å². The number of hydrogen-bond acceptors (Lipinski definition) is 5. The van der Waals surface area contributed by atoms with Crippen molar-refractivity contribution in [1.82, 2.24) is 4.98 Å². The second kappa shape index (κ2) is 6.00. The molecule has 2 heterocycles. The van der Waals surface area contributed by atoms with Crippen LogP contribution in [0.3, 0.4) is 0 Å². The van der Waals surface area contributed by atoms with Crippen molar-refractivity contribution in [2.75, 3.05) is 0 Å². The maximum absolute atomic E-state index is 11.8. The lowest BCUT2D eigenvalue weighted by Crippen LogP contribution is -2.00. The van der Waals surface area contributed by atoms with E-state index in [-0.39, 0.29) is 5.63 Å². The summed E-state index contributed by atoms with van der Waals surface area (Å²) in [4.78, 5) is 16.2. The zero-order chi connectivity index (χ0) is 16.7. The van der Waals surface area contributed by atoms with Gasteiger partial charge in [-0.1, -0.05) is 35.5 Å². The number of rotatable bonds is 3. The number of oxazole rings is 1. The van der Waals surface area contributed by atoms with Crippen LogP contribution < -0.4 is 5.63 Å². The van der Waals surface area contributed by atoms with Gasteiger partial charge in [0.1, 0.15) is 11.1 Å². The highest BCUT2D eigenvalue weighted by Gasteiger charge is 2.11. The molecule has 0 atom stereocenters. The Balaban J connectivity index is 1.71. The third-order valence-corrected chi connectivity index (χ3v) is 5.02. The summed E-state index contributed by atoms with van der Waals surface area (Å²) >= 11 is 7.64. The van der Waals surface area contributed by atoms with Crippen LogP contribution in [0.5, 0.6) is 0 Å². The van der Waals surface area contributed by atoms with Crippen molar-refractivity contribution in [3.8, 4) is 0 Å². The summed E-state index contributed by atoms with van der Waals surface area (Å²) in [7, 11) is 0. The van der Waals surface area contributed by atoms with Gasteiger partial charge in [0.15, 0.2) is 5.58 Å². The summed E-state index contributed by atoms with van der Waals surface area (Å²) in [6, 6.07) is 12.7. The minimum Gasteiger partial charge on any atom is -0.431 e. The number of fused-ring (bicyclic) bond motifs is 2. The van der Waals surface area contributed by atoms with Crippen LogP contribution in [0.2, 0.25) is 5.02 Å². The van der Waals surface area contributed by atoms with Crippen molar-refractivity contribution in [3.05, 3.63) is 69.0 Å². The average molecular weight is 358 g/mol. The van der Waals surface area contributed by atoms with Gasteiger partial charge in [0.25, 0.3) is 5.22 Å². The van der Waals surface area contributed by atoms with E-state index in [0.717, 1.165) is 27.6 Å². The number of aryl methyl sites for hydroxylation is 1. The van der Waals surface area contributed by atoms with Crippen molar-refractivity contribution in [2.24, 2.45) is 0 Å². The number of hydrogen-bond donors (Lipinski definition) is 0. The molecule has 0 aliphatic rings. The fourth-order valence-corrected chi connectivity index (χ4v) is 3.51. The monoisotopic (exact) mass is 357 g/mol. The van der Waals surface area contributed by atoms with Crippen molar-refractivity contribution in [3.63, 3.8) is 0 Å². The molecule has 0 amide bonds. The highest BCUT2D eigenvalue weighted by molar-refractivity contribution is 7.98. The summed E-state index contributed by atoms with van der Waals surface area (Å²) in [6.07, 6.45) is 0. The molecular weight excluding hydrogens is 346 g/mol. The van der Waals surface area contributed by atoms with Crippen LogP contribution in [0.1, 0.15) is 11.1 Å². The first kappa shape index (κ1) is 15.3. The Morgan fingerprint density at radius 1 is 1.12 bits per heavy atom. The van der Waals surface area contributed by atoms with Crippen molar-refractivity contribution in [2.45, 2.75) is 17.9 Å². The lowest BCUT2D eigenvalue weighted by Gasteiger charge is -2.06. The number of thioether (sulfide) groups is 1. The average Bonchev–Trinajstić information content (AvgIpc) is 2.97. The molecule has 2 aromatic heterocycles. The van der Waals surface area contributed by atoms with Gasteiger partial charge in [-0.15, -0.1) is 0 Å². The minimum atomic E-state index is -0.377. The Bertz CT molecular complexity index is 1080. The second-order valence-corrected chi connectivity index (χ2v) is 6.76. The maximum Gasteiger partial charge on any atom is 0.336 e. The molecule has 0 bridgehead atoms. The van der Waals surface area contributed by atoms with Crippen LogP contribution in [0.4, 0.5) is 0 Å². The molecule has 120 valence electrons. The lowest BCUT2D eigenvalue weighted by molar-refractivity contribution is 0.489. The Kier molecular flexibility index (Phi) is 3.82. The molecule has 6 heteroatoms. The molecular formula is C18H12ClNO3S. The molecule has 0 spiro atoms. The van der Waals surface area contributed by atoms with Gasteiger partial charge in [0.05, 0.1) is 0 Å². The predicted octanol–water partition coefficient (Wildman–Crippen LogP) is 5.19. The molecule has 0 radical (unpaired) electrons. The van der Waals surface area contributed by atoms with Gasteiger partial charge in [0, 0.05) is 22.2 Å². The third-order valence-electron chi connectivity index (χ3n) is 3.73.